The van der Waals surface area contributed by atoms with Gasteiger partial charge in [0.2, 0.25) is 0 Å². The molecule has 3 unspecified atom stereocenters. The van der Waals surface area contributed by atoms with E-state index in [4.69, 9.17) is 14.2 Å². The fraction of sp³-hybridized carbons (Fsp3) is 1.00. The van der Waals surface area contributed by atoms with Gasteiger partial charge in [0.05, 0.1) is 38.6 Å². The van der Waals surface area contributed by atoms with Crippen LogP contribution in [0.4, 0.5) is 0 Å². The van der Waals surface area contributed by atoms with Gasteiger partial charge in [0.15, 0.2) is 0 Å². The zero-order valence-electron chi connectivity index (χ0n) is 16.8. The monoisotopic (exact) mass is 342 g/mol. The Bertz CT molecular complexity index is 393. The van der Waals surface area contributed by atoms with Gasteiger partial charge in [-0.1, -0.05) is 0 Å². The van der Waals surface area contributed by atoms with E-state index in [2.05, 4.69) is 51.3 Å². The first kappa shape index (κ1) is 20.1. The quantitative estimate of drug-likeness (QED) is 0.766. The second kappa shape index (κ2) is 8.00. The van der Waals surface area contributed by atoms with Gasteiger partial charge < -0.3 is 14.2 Å². The van der Waals surface area contributed by atoms with Crippen LogP contribution in [-0.4, -0.2) is 85.7 Å². The molecule has 0 aromatic rings. The van der Waals surface area contributed by atoms with E-state index in [1.54, 1.807) is 7.11 Å². The van der Waals surface area contributed by atoms with Crippen LogP contribution < -0.4 is 0 Å². The van der Waals surface area contributed by atoms with Gasteiger partial charge in [0.1, 0.15) is 0 Å². The van der Waals surface area contributed by atoms with Gasteiger partial charge in [-0.3, -0.25) is 9.80 Å². The summed E-state index contributed by atoms with van der Waals surface area (Å²) in [4.78, 5) is 5.15. The third-order valence-corrected chi connectivity index (χ3v) is 5.68. The van der Waals surface area contributed by atoms with E-state index in [0.29, 0.717) is 12.1 Å². The molecule has 2 fully saturated rings. The average Bonchev–Trinajstić information content (AvgIpc) is 2.48. The van der Waals surface area contributed by atoms with E-state index in [-0.39, 0.29) is 17.2 Å². The third kappa shape index (κ3) is 4.50. The zero-order valence-corrected chi connectivity index (χ0v) is 16.8. The number of hydrogen-bond donors (Lipinski definition) is 0. The smallest absolute Gasteiger partial charge is 0.0768 e. The molecule has 3 atom stereocenters. The second-order valence-corrected chi connectivity index (χ2v) is 8.84. The van der Waals surface area contributed by atoms with E-state index >= 15 is 0 Å². The van der Waals surface area contributed by atoms with Crippen molar-refractivity contribution in [1.82, 2.24) is 9.80 Å². The minimum Gasteiger partial charge on any atom is -0.383 e. The molecule has 0 aromatic heterocycles. The summed E-state index contributed by atoms with van der Waals surface area (Å²) >= 11 is 0. The molecular formula is C19H38N2O3. The number of hydrogen-bond acceptors (Lipinski definition) is 5. The minimum absolute atomic E-state index is 0.0355. The maximum Gasteiger partial charge on any atom is 0.0768 e. The second-order valence-electron chi connectivity index (χ2n) is 8.84. The minimum atomic E-state index is 0.0355. The van der Waals surface area contributed by atoms with E-state index in [1.807, 2.05) is 0 Å². The van der Waals surface area contributed by atoms with Crippen molar-refractivity contribution in [3.05, 3.63) is 0 Å². The van der Waals surface area contributed by atoms with Crippen molar-refractivity contribution in [3.8, 4) is 0 Å². The van der Waals surface area contributed by atoms with Crippen LogP contribution in [-0.2, 0) is 14.2 Å². The van der Waals surface area contributed by atoms with Gasteiger partial charge in [0, 0.05) is 37.3 Å². The largest absolute Gasteiger partial charge is 0.383 e. The van der Waals surface area contributed by atoms with Gasteiger partial charge in [-0.05, 0) is 48.0 Å². The molecule has 2 aliphatic heterocycles. The van der Waals surface area contributed by atoms with Crippen LogP contribution in [0.1, 0.15) is 48.0 Å². The van der Waals surface area contributed by atoms with E-state index < -0.39 is 0 Å². The predicted molar refractivity (Wildman–Crippen MR) is 97.5 cm³/mol. The van der Waals surface area contributed by atoms with Crippen molar-refractivity contribution in [2.24, 2.45) is 0 Å². The zero-order chi connectivity index (χ0) is 18.0. The summed E-state index contributed by atoms with van der Waals surface area (Å²) in [6.07, 6.45) is 1.28. The third-order valence-electron chi connectivity index (χ3n) is 5.68. The molecule has 142 valence electrons. The van der Waals surface area contributed by atoms with Gasteiger partial charge >= 0.3 is 0 Å². The molecule has 2 heterocycles. The number of ether oxygens (including phenoxy) is 3. The standard InChI is InChI=1S/C19H38N2O3/c1-15(20-8-10-23-14-16(20)13-22-7)12-17-19(5,6)21(9-11-24-17)18(2,3)4/h15-17H,8-14H2,1-7H3. The Morgan fingerprint density at radius 3 is 2.54 bits per heavy atom. The molecule has 0 aliphatic carbocycles. The molecule has 2 saturated heterocycles. The van der Waals surface area contributed by atoms with Crippen molar-refractivity contribution < 1.29 is 14.2 Å². The molecule has 0 saturated carbocycles. The van der Waals surface area contributed by atoms with Crippen LogP contribution in [0.2, 0.25) is 0 Å². The summed E-state index contributed by atoms with van der Waals surface area (Å²) < 4.78 is 17.3. The lowest BCUT2D eigenvalue weighted by Crippen LogP contribution is -2.65. The van der Waals surface area contributed by atoms with Gasteiger partial charge in [0.25, 0.3) is 0 Å². The van der Waals surface area contributed by atoms with Crippen molar-refractivity contribution >= 4 is 0 Å². The molecule has 0 radical (unpaired) electrons. The maximum atomic E-state index is 6.24. The van der Waals surface area contributed by atoms with Gasteiger partial charge in [-0.2, -0.15) is 0 Å². The molecule has 2 rings (SSSR count). The molecule has 0 spiro atoms. The molecule has 2 aliphatic rings. The highest BCUT2D eigenvalue weighted by molar-refractivity contribution is 4.99. The summed E-state index contributed by atoms with van der Waals surface area (Å²) in [5.74, 6) is 0. The lowest BCUT2D eigenvalue weighted by atomic mass is 9.84. The lowest BCUT2D eigenvalue weighted by molar-refractivity contribution is -0.153. The number of rotatable bonds is 5. The molecule has 0 aromatic carbocycles. The van der Waals surface area contributed by atoms with Crippen molar-refractivity contribution in [2.75, 3.05) is 46.6 Å². The van der Waals surface area contributed by atoms with Crippen LogP contribution in [0.5, 0.6) is 0 Å². The topological polar surface area (TPSA) is 34.2 Å². The molecule has 5 nitrogen and oxygen atoms in total. The van der Waals surface area contributed by atoms with E-state index in [9.17, 15) is 0 Å². The Morgan fingerprint density at radius 1 is 1.21 bits per heavy atom. The SMILES string of the molecule is COCC1COCCN1C(C)CC1OCCN(C(C)(C)C)C1(C)C. The number of morpholine rings is 2. The Kier molecular flexibility index (Phi) is 6.71. The summed E-state index contributed by atoms with van der Waals surface area (Å²) in [6, 6.07) is 0.808. The predicted octanol–water partition coefficient (Wildman–Crippen LogP) is 2.39. The highest BCUT2D eigenvalue weighted by Crippen LogP contribution is 2.35. The fourth-order valence-corrected chi connectivity index (χ4v) is 4.54. The Hall–Kier alpha value is -0.200. The van der Waals surface area contributed by atoms with Crippen LogP contribution in [0.25, 0.3) is 0 Å². The Labute approximate surface area is 148 Å². The molecule has 24 heavy (non-hydrogen) atoms. The van der Waals surface area contributed by atoms with Crippen molar-refractivity contribution in [1.29, 1.82) is 0 Å². The normalized spacial score (nSPS) is 31.1. The molecule has 0 bridgehead atoms. The Balaban J connectivity index is 2.05. The first-order chi connectivity index (χ1) is 11.2. The van der Waals surface area contributed by atoms with E-state index in [0.717, 1.165) is 45.9 Å². The number of nitrogens with zero attached hydrogens (tertiary/aromatic N) is 2. The summed E-state index contributed by atoms with van der Waals surface area (Å²) in [6.45, 7) is 19.0. The van der Waals surface area contributed by atoms with Crippen molar-refractivity contribution in [2.45, 2.75) is 77.2 Å². The van der Waals surface area contributed by atoms with Gasteiger partial charge in [-0.25, -0.2) is 0 Å². The summed E-state index contributed by atoms with van der Waals surface area (Å²) in [7, 11) is 1.77. The van der Waals surface area contributed by atoms with Crippen LogP contribution >= 0.6 is 0 Å². The molecule has 5 heteroatoms. The van der Waals surface area contributed by atoms with Crippen molar-refractivity contribution in [3.63, 3.8) is 0 Å². The number of methoxy groups -OCH3 is 1. The Morgan fingerprint density at radius 2 is 1.92 bits per heavy atom. The molecular weight excluding hydrogens is 304 g/mol. The summed E-state index contributed by atoms with van der Waals surface area (Å²) in [5, 5.41) is 0. The first-order valence-corrected chi connectivity index (χ1v) is 9.39. The maximum absolute atomic E-state index is 6.24. The van der Waals surface area contributed by atoms with Crippen LogP contribution in [0.3, 0.4) is 0 Å². The highest BCUT2D eigenvalue weighted by Gasteiger charge is 2.45. The fourth-order valence-electron chi connectivity index (χ4n) is 4.54. The highest BCUT2D eigenvalue weighted by atomic mass is 16.5. The van der Waals surface area contributed by atoms with Crippen LogP contribution in [0, 0.1) is 0 Å². The summed E-state index contributed by atoms with van der Waals surface area (Å²) in [5.41, 5.74) is 0.195. The first-order valence-electron chi connectivity index (χ1n) is 9.39. The average molecular weight is 343 g/mol. The van der Waals surface area contributed by atoms with Gasteiger partial charge in [-0.15, -0.1) is 0 Å². The molecule has 0 N–H and O–H groups in total. The molecule has 0 amide bonds. The lowest BCUT2D eigenvalue weighted by Gasteiger charge is -2.54. The van der Waals surface area contributed by atoms with E-state index in [1.165, 1.54) is 0 Å². The van der Waals surface area contributed by atoms with Crippen LogP contribution in [0.15, 0.2) is 0 Å².